The van der Waals surface area contributed by atoms with Gasteiger partial charge in [0.25, 0.3) is 0 Å². The number of pyridine rings is 2. The Morgan fingerprint density at radius 3 is 2.45 bits per heavy atom. The Morgan fingerprint density at radius 2 is 1.59 bits per heavy atom. The van der Waals surface area contributed by atoms with E-state index in [2.05, 4.69) is 20.9 Å². The fourth-order valence-corrected chi connectivity index (χ4v) is 6.26. The molecule has 0 fully saturated rings. The van der Waals surface area contributed by atoms with E-state index in [1.807, 2.05) is 30.3 Å². The molecule has 0 saturated carbocycles. The molecule has 0 aliphatic carbocycles. The Morgan fingerprint density at radius 1 is 0.841 bits per heavy atom. The average Bonchev–Trinajstić information content (AvgIpc) is 3.06. The van der Waals surface area contributed by atoms with Crippen LogP contribution in [0.4, 0.5) is 5.69 Å². The SMILES string of the molecule is O=C(OCCOCCOCCOc1cc2cccnc2c2ncccc12)c1cc2cc3c4c(c2oc1=O)CCCN4CCC3. The predicted octanol–water partition coefficient (Wildman–Crippen LogP) is 4.86. The fourth-order valence-electron chi connectivity index (χ4n) is 6.26. The standard InChI is InChI=1S/C34H33N3O7/c38-33(27-20-24-19-23-6-3-11-37-12-4-8-26(31(23)37)32(24)44-34(27)39)43-18-16-41-14-13-40-15-17-42-28-21-22-5-1-9-35-29(22)30-25(28)7-2-10-36-30/h1-2,5,7,9-10,19-21H,3-4,6,8,11-18H2. The number of benzene rings is 2. The predicted molar refractivity (Wildman–Crippen MR) is 166 cm³/mol. The van der Waals surface area contributed by atoms with E-state index >= 15 is 0 Å². The summed E-state index contributed by atoms with van der Waals surface area (Å²) >= 11 is 0. The van der Waals surface area contributed by atoms with Crippen LogP contribution in [0.5, 0.6) is 5.75 Å². The van der Waals surface area contributed by atoms with Gasteiger partial charge in [0.05, 0.1) is 31.9 Å². The van der Waals surface area contributed by atoms with Crippen LogP contribution in [0.3, 0.4) is 0 Å². The molecule has 3 aromatic heterocycles. The number of aromatic nitrogens is 2. The second kappa shape index (κ2) is 12.6. The number of ether oxygens (including phenoxy) is 4. The monoisotopic (exact) mass is 595 g/mol. The first-order chi connectivity index (χ1) is 21.7. The number of aryl methyl sites for hydroxylation is 2. The van der Waals surface area contributed by atoms with Crippen LogP contribution in [0.15, 0.2) is 64.1 Å². The maximum atomic E-state index is 12.7. The maximum absolute atomic E-state index is 12.7. The van der Waals surface area contributed by atoms with Crippen LogP contribution >= 0.6 is 0 Å². The molecular formula is C34H33N3O7. The first kappa shape index (κ1) is 28.2. The summed E-state index contributed by atoms with van der Waals surface area (Å²) in [5.74, 6) is 0.0224. The van der Waals surface area contributed by atoms with Crippen molar-refractivity contribution in [3.8, 4) is 5.75 Å². The number of fused-ring (bicyclic) bond motifs is 5. The zero-order valence-corrected chi connectivity index (χ0v) is 24.4. The molecule has 2 aromatic carbocycles. The molecule has 226 valence electrons. The van der Waals surface area contributed by atoms with E-state index in [-0.39, 0.29) is 18.8 Å². The smallest absolute Gasteiger partial charge is 0.351 e. The van der Waals surface area contributed by atoms with Crippen LogP contribution in [0.1, 0.15) is 34.3 Å². The van der Waals surface area contributed by atoms with Crippen LogP contribution in [0.25, 0.3) is 32.8 Å². The third kappa shape index (κ3) is 5.58. The van der Waals surface area contributed by atoms with Gasteiger partial charge in [-0.1, -0.05) is 6.07 Å². The fraction of sp³-hybridized carbons (Fsp3) is 0.353. The zero-order chi connectivity index (χ0) is 29.9. The molecular weight excluding hydrogens is 562 g/mol. The second-order valence-electron chi connectivity index (χ2n) is 11.0. The normalized spacial score (nSPS) is 14.2. The van der Waals surface area contributed by atoms with Gasteiger partial charge in [0, 0.05) is 52.9 Å². The number of nitrogens with zero attached hydrogens (tertiary/aromatic N) is 3. The summed E-state index contributed by atoms with van der Waals surface area (Å²) in [6, 6.07) is 13.3. The topological polar surface area (TPSA) is 113 Å². The highest BCUT2D eigenvalue weighted by Crippen LogP contribution is 2.39. The molecule has 5 heterocycles. The van der Waals surface area contributed by atoms with E-state index in [1.54, 1.807) is 18.5 Å². The second-order valence-corrected chi connectivity index (χ2v) is 11.0. The molecule has 0 bridgehead atoms. The molecule has 0 unspecified atom stereocenters. The van der Waals surface area contributed by atoms with Crippen molar-refractivity contribution in [3.63, 3.8) is 0 Å². The van der Waals surface area contributed by atoms with E-state index < -0.39 is 11.6 Å². The molecule has 0 atom stereocenters. The molecule has 2 aliphatic heterocycles. The van der Waals surface area contributed by atoms with Crippen molar-refractivity contribution in [2.24, 2.45) is 0 Å². The summed E-state index contributed by atoms with van der Waals surface area (Å²) in [4.78, 5) is 36.8. The van der Waals surface area contributed by atoms with Crippen LogP contribution in [0.2, 0.25) is 0 Å². The molecule has 10 heteroatoms. The zero-order valence-electron chi connectivity index (χ0n) is 24.4. The molecule has 44 heavy (non-hydrogen) atoms. The van der Waals surface area contributed by atoms with Crippen molar-refractivity contribution < 1.29 is 28.2 Å². The number of carbonyl (C=O) groups excluding carboxylic acids is 1. The molecule has 0 radical (unpaired) electrons. The van der Waals surface area contributed by atoms with Gasteiger partial charge in [0.2, 0.25) is 0 Å². The van der Waals surface area contributed by atoms with Gasteiger partial charge < -0.3 is 28.3 Å². The summed E-state index contributed by atoms with van der Waals surface area (Å²) in [6.45, 7) is 3.69. The average molecular weight is 596 g/mol. The van der Waals surface area contributed by atoms with Crippen molar-refractivity contribution >= 4 is 44.4 Å². The molecule has 2 aliphatic rings. The molecule has 0 saturated heterocycles. The van der Waals surface area contributed by atoms with Crippen LogP contribution in [0, 0.1) is 0 Å². The summed E-state index contributed by atoms with van der Waals surface area (Å²) < 4.78 is 28.2. The van der Waals surface area contributed by atoms with Gasteiger partial charge in [0.15, 0.2) is 0 Å². The van der Waals surface area contributed by atoms with Gasteiger partial charge in [-0.2, -0.15) is 0 Å². The van der Waals surface area contributed by atoms with Crippen molar-refractivity contribution in [1.82, 2.24) is 9.97 Å². The van der Waals surface area contributed by atoms with E-state index in [0.717, 1.165) is 77.3 Å². The van der Waals surface area contributed by atoms with Crippen LogP contribution in [-0.4, -0.2) is 68.7 Å². The minimum absolute atomic E-state index is 0.0156. The third-order valence-corrected chi connectivity index (χ3v) is 8.18. The van der Waals surface area contributed by atoms with Crippen molar-refractivity contribution in [2.75, 3.05) is 57.6 Å². The minimum atomic E-state index is -0.710. The van der Waals surface area contributed by atoms with E-state index in [0.29, 0.717) is 32.0 Å². The van der Waals surface area contributed by atoms with Crippen molar-refractivity contribution in [2.45, 2.75) is 25.7 Å². The summed E-state index contributed by atoms with van der Waals surface area (Å²) in [5.41, 5.74) is 5.02. The lowest BCUT2D eigenvalue weighted by Crippen LogP contribution is -2.34. The highest BCUT2D eigenvalue weighted by atomic mass is 16.6. The Labute approximate surface area is 253 Å². The number of hydrogen-bond acceptors (Lipinski definition) is 10. The van der Waals surface area contributed by atoms with E-state index in [1.165, 1.54) is 11.3 Å². The summed E-state index contributed by atoms with van der Waals surface area (Å²) in [7, 11) is 0. The van der Waals surface area contributed by atoms with Gasteiger partial charge >= 0.3 is 11.6 Å². The number of rotatable bonds is 11. The lowest BCUT2D eigenvalue weighted by atomic mass is 9.90. The molecule has 0 N–H and O–H groups in total. The number of anilines is 1. The quantitative estimate of drug-likeness (QED) is 0.0908. The molecule has 0 spiro atoms. The van der Waals surface area contributed by atoms with Crippen molar-refractivity contribution in [3.05, 3.63) is 82.0 Å². The van der Waals surface area contributed by atoms with E-state index in [9.17, 15) is 9.59 Å². The summed E-state index contributed by atoms with van der Waals surface area (Å²) in [5, 5.41) is 2.64. The maximum Gasteiger partial charge on any atom is 0.351 e. The largest absolute Gasteiger partial charge is 0.490 e. The van der Waals surface area contributed by atoms with Crippen molar-refractivity contribution in [1.29, 1.82) is 0 Å². The highest BCUT2D eigenvalue weighted by molar-refractivity contribution is 6.05. The van der Waals surface area contributed by atoms with Crippen LogP contribution in [-0.2, 0) is 27.1 Å². The lowest BCUT2D eigenvalue weighted by molar-refractivity contribution is 0.0105. The van der Waals surface area contributed by atoms with Gasteiger partial charge in [-0.15, -0.1) is 0 Å². The third-order valence-electron chi connectivity index (χ3n) is 8.18. The van der Waals surface area contributed by atoms with E-state index in [4.69, 9.17) is 23.4 Å². The molecule has 5 aromatic rings. The Hall–Kier alpha value is -4.54. The minimum Gasteiger partial charge on any atom is -0.490 e. The molecule has 0 amide bonds. The van der Waals surface area contributed by atoms with Crippen LogP contribution < -0.4 is 15.3 Å². The Kier molecular flexibility index (Phi) is 8.08. The highest BCUT2D eigenvalue weighted by Gasteiger charge is 2.28. The molecule has 7 rings (SSSR count). The molecule has 10 nitrogen and oxygen atoms in total. The first-order valence-corrected chi connectivity index (χ1v) is 15.1. The van der Waals surface area contributed by atoms with Gasteiger partial charge in [-0.05, 0) is 67.6 Å². The Bertz CT molecular complexity index is 1900. The lowest BCUT2D eigenvalue weighted by Gasteiger charge is -2.37. The number of hydrogen-bond donors (Lipinski definition) is 0. The number of carbonyl (C=O) groups is 1. The van der Waals surface area contributed by atoms with Gasteiger partial charge in [0.1, 0.15) is 35.6 Å². The first-order valence-electron chi connectivity index (χ1n) is 15.1. The van der Waals surface area contributed by atoms with Gasteiger partial charge in [-0.25, -0.2) is 9.59 Å². The summed E-state index contributed by atoms with van der Waals surface area (Å²) in [6.07, 6.45) is 7.48. The Balaban J connectivity index is 0.855. The number of esters is 1. The van der Waals surface area contributed by atoms with Gasteiger partial charge in [-0.3, -0.25) is 9.97 Å².